The number of hydrogen-bond donors (Lipinski definition) is 4. The summed E-state index contributed by atoms with van der Waals surface area (Å²) in [6.07, 6.45) is 1.06. The van der Waals surface area contributed by atoms with E-state index in [0.29, 0.717) is 0 Å². The van der Waals surface area contributed by atoms with Gasteiger partial charge >= 0.3 is 0 Å². The van der Waals surface area contributed by atoms with Crippen LogP contribution < -0.4 is 16.1 Å². The molecule has 9 nitrogen and oxygen atoms in total. The molecular weight excluding hydrogens is 362 g/mol. The van der Waals surface area contributed by atoms with E-state index in [2.05, 4.69) is 30.1 Å². The zero-order valence-electron chi connectivity index (χ0n) is 17.7. The molecule has 0 spiro atoms. The van der Waals surface area contributed by atoms with Crippen molar-refractivity contribution >= 4 is 0 Å². The van der Waals surface area contributed by atoms with Crippen molar-refractivity contribution in [2.75, 3.05) is 0 Å². The first kappa shape index (κ1) is 20.3. The molecule has 4 fully saturated rings. The lowest BCUT2D eigenvalue weighted by molar-refractivity contribution is -1.19. The highest BCUT2D eigenvalue weighted by atomic mass is 17.0. The van der Waals surface area contributed by atoms with Gasteiger partial charge in [0.2, 0.25) is 0 Å². The molecule has 8 atom stereocenters. The number of nitrogens with one attached hydrogen (secondary N) is 3. The first-order valence-electron chi connectivity index (χ1n) is 10.1. The largest absolute Gasteiger partial charge is 0.600 e. The molecule has 9 heteroatoms. The smallest absolute Gasteiger partial charge is 0.168 e. The molecule has 0 aromatic rings. The maximum absolute atomic E-state index is 12.1. The van der Waals surface area contributed by atoms with E-state index < -0.39 is 5.54 Å². The fourth-order valence-corrected chi connectivity index (χ4v) is 5.43. The van der Waals surface area contributed by atoms with Gasteiger partial charge in [-0.3, -0.25) is 0 Å². The minimum atomic E-state index is -0.519. The molecule has 4 aliphatic rings. The Bertz CT molecular complexity index is 703. The molecule has 158 valence electrons. The molecule has 7 unspecified atom stereocenters. The quantitative estimate of drug-likeness (QED) is 0.241. The molecule has 4 N–H and O–H groups in total. The van der Waals surface area contributed by atoms with E-state index in [4.69, 9.17) is 9.68 Å². The summed E-state index contributed by atoms with van der Waals surface area (Å²) in [6.45, 7) is 16.0. The van der Waals surface area contributed by atoms with Crippen molar-refractivity contribution in [1.29, 1.82) is 0 Å². The van der Waals surface area contributed by atoms with E-state index in [0.717, 1.165) is 23.9 Å². The summed E-state index contributed by atoms with van der Waals surface area (Å²) < 4.78 is 0. The summed E-state index contributed by atoms with van der Waals surface area (Å²) >= 11 is 0. The second-order valence-corrected chi connectivity index (χ2v) is 10.3. The standard InChI is InChI=1S/C19H34N5O4/c1-8-14-11(2)19(6,7)24(20-14,21-18(3,4)5)23(26)28-16-12-9-13-15(10-12)22(25)27-17(13)16/h11-13,15-17,20-22,26H,1,9-10H2,2-7H3/q+1/t11?,12?,13?,15?,16-,17?,24?/m0/s1. The Labute approximate surface area is 166 Å². The van der Waals surface area contributed by atoms with E-state index in [1.165, 1.54) is 0 Å². The molecule has 2 aliphatic carbocycles. The van der Waals surface area contributed by atoms with Crippen LogP contribution in [-0.2, 0) is 9.68 Å². The maximum Gasteiger partial charge on any atom is 0.168 e. The van der Waals surface area contributed by atoms with Crippen LogP contribution in [0.5, 0.6) is 0 Å². The molecule has 2 aliphatic heterocycles. The summed E-state index contributed by atoms with van der Waals surface area (Å²) in [5, 5.41) is 24.1. The topological polar surface area (TPSA) is 93.5 Å². The maximum atomic E-state index is 12.1. The third kappa shape index (κ3) is 2.70. The van der Waals surface area contributed by atoms with Gasteiger partial charge in [-0.15, -0.1) is 11.2 Å². The predicted molar refractivity (Wildman–Crippen MR) is 99.9 cm³/mol. The molecule has 0 aromatic carbocycles. The minimum Gasteiger partial charge on any atom is -0.600 e. The molecule has 0 radical (unpaired) electrons. The summed E-state index contributed by atoms with van der Waals surface area (Å²) in [4.78, 5) is 11.5. The number of hydroxylamine groups is 2. The highest BCUT2D eigenvalue weighted by molar-refractivity contribution is 5.09. The zero-order valence-corrected chi connectivity index (χ0v) is 17.7. The van der Waals surface area contributed by atoms with Crippen LogP contribution in [0.2, 0.25) is 0 Å². The Morgan fingerprint density at radius 2 is 2.14 bits per heavy atom. The van der Waals surface area contributed by atoms with Crippen molar-refractivity contribution in [2.45, 2.75) is 83.7 Å². The predicted octanol–water partition coefficient (Wildman–Crippen LogP) is 0.719. The van der Waals surface area contributed by atoms with E-state index in [-0.39, 0.29) is 51.6 Å². The van der Waals surface area contributed by atoms with Gasteiger partial charge in [-0.05, 0) is 58.7 Å². The third-order valence-corrected chi connectivity index (χ3v) is 7.18. The van der Waals surface area contributed by atoms with E-state index in [1.54, 1.807) is 0 Å². The number of nitrogens with zero attached hydrogens (tertiary/aromatic N) is 2. The molecule has 0 amide bonds. The lowest BCUT2D eigenvalue weighted by Crippen LogP contribution is -3.08. The van der Waals surface area contributed by atoms with Gasteiger partial charge in [0, 0.05) is 12.3 Å². The molecule has 4 rings (SSSR count). The first-order chi connectivity index (χ1) is 12.9. The zero-order chi connectivity index (χ0) is 20.6. The van der Waals surface area contributed by atoms with Gasteiger partial charge in [0.15, 0.2) is 17.0 Å². The molecule has 2 bridgehead atoms. The molecular formula is C19H34N5O4+. The van der Waals surface area contributed by atoms with Gasteiger partial charge in [-0.2, -0.15) is 10.3 Å². The van der Waals surface area contributed by atoms with Gasteiger partial charge in [-0.1, -0.05) is 6.58 Å². The van der Waals surface area contributed by atoms with Gasteiger partial charge in [-0.25, -0.2) is 15.3 Å². The Hall–Kier alpha value is -1.00. The van der Waals surface area contributed by atoms with E-state index in [9.17, 15) is 10.4 Å². The van der Waals surface area contributed by atoms with Crippen LogP contribution in [0.4, 0.5) is 0 Å². The average molecular weight is 397 g/mol. The monoisotopic (exact) mass is 396 g/mol. The van der Waals surface area contributed by atoms with Crippen LogP contribution in [0.3, 0.4) is 0 Å². The molecule has 28 heavy (non-hydrogen) atoms. The summed E-state index contributed by atoms with van der Waals surface area (Å²) in [5.41, 5.74) is 9.69. The third-order valence-electron chi connectivity index (χ3n) is 7.18. The molecule has 0 aromatic heterocycles. The fraction of sp³-hybridized carbons (Fsp3) is 0.842. The molecule has 2 saturated carbocycles. The van der Waals surface area contributed by atoms with Crippen molar-refractivity contribution in [1.82, 2.24) is 16.2 Å². The number of quaternary nitrogens is 2. The van der Waals surface area contributed by atoms with Crippen LogP contribution in [0.1, 0.15) is 54.4 Å². The highest BCUT2D eigenvalue weighted by Gasteiger charge is 2.68. The van der Waals surface area contributed by atoms with Crippen molar-refractivity contribution in [3.63, 3.8) is 0 Å². The van der Waals surface area contributed by atoms with Crippen molar-refractivity contribution < 1.29 is 24.9 Å². The minimum absolute atomic E-state index is 0.00881. The van der Waals surface area contributed by atoms with Crippen molar-refractivity contribution in [3.8, 4) is 0 Å². The van der Waals surface area contributed by atoms with Gasteiger partial charge in [0.05, 0.1) is 11.5 Å². The van der Waals surface area contributed by atoms with Gasteiger partial charge in [0.25, 0.3) is 0 Å². The molecule has 2 saturated heterocycles. The van der Waals surface area contributed by atoms with Gasteiger partial charge < -0.3 is 5.21 Å². The van der Waals surface area contributed by atoms with Crippen LogP contribution in [0, 0.1) is 23.0 Å². The van der Waals surface area contributed by atoms with Gasteiger partial charge in [0.1, 0.15) is 17.8 Å². The first-order valence-corrected chi connectivity index (χ1v) is 10.1. The van der Waals surface area contributed by atoms with Crippen LogP contribution in [-0.4, -0.2) is 44.7 Å². The lowest BCUT2D eigenvalue weighted by atomic mass is 9.88. The van der Waals surface area contributed by atoms with Crippen molar-refractivity contribution in [2.24, 2.45) is 17.8 Å². The normalized spacial score (nSPS) is 46.3. The summed E-state index contributed by atoms with van der Waals surface area (Å²) in [7, 11) is 0. The second-order valence-electron chi connectivity index (χ2n) is 10.3. The molecule has 2 heterocycles. The Morgan fingerprint density at radius 1 is 1.46 bits per heavy atom. The Kier molecular flexibility index (Phi) is 4.53. The van der Waals surface area contributed by atoms with Crippen LogP contribution >= 0.6 is 0 Å². The number of fused-ring (bicyclic) bond motifs is 1. The number of rotatable bonds is 4. The SMILES string of the molecule is C=C=C1N[N+](NC(C)(C)C)(N(O)O[C@H]2C3CC4C2O[NH+]([O-])C4C3)C(C)(C)C1C. The highest BCUT2D eigenvalue weighted by Crippen LogP contribution is 2.50. The average Bonchev–Trinajstić information content (AvgIpc) is 3.25. The van der Waals surface area contributed by atoms with E-state index in [1.807, 2.05) is 34.6 Å². The Balaban J connectivity index is 1.64. The second kappa shape index (κ2) is 6.25. The fourth-order valence-electron chi connectivity index (χ4n) is 5.43. The summed E-state index contributed by atoms with van der Waals surface area (Å²) in [6, 6.07) is 0.00881. The van der Waals surface area contributed by atoms with E-state index >= 15 is 0 Å². The lowest BCUT2D eigenvalue weighted by Gasteiger charge is -2.47. The van der Waals surface area contributed by atoms with Crippen LogP contribution in [0.25, 0.3) is 0 Å². The number of hydrogen-bond acceptors (Lipinski definition) is 7. The Morgan fingerprint density at radius 3 is 2.71 bits per heavy atom. The van der Waals surface area contributed by atoms with Crippen molar-refractivity contribution in [3.05, 3.63) is 23.2 Å². The summed E-state index contributed by atoms with van der Waals surface area (Å²) in [5.74, 6) is 0.460. The van der Waals surface area contributed by atoms with Crippen LogP contribution in [0.15, 0.2) is 18.0 Å².